The second-order valence-electron chi connectivity index (χ2n) is 5.94. The van der Waals surface area contributed by atoms with E-state index in [-0.39, 0.29) is 18.3 Å². The van der Waals surface area contributed by atoms with E-state index in [1.807, 2.05) is 30.3 Å². The van der Waals surface area contributed by atoms with Gasteiger partial charge in [-0.2, -0.15) is 0 Å². The Morgan fingerprint density at radius 2 is 1.61 bits per heavy atom. The third kappa shape index (κ3) is 4.57. The Morgan fingerprint density at radius 3 is 2.17 bits per heavy atom. The van der Waals surface area contributed by atoms with Gasteiger partial charge in [0.25, 0.3) is 0 Å². The summed E-state index contributed by atoms with van der Waals surface area (Å²) < 4.78 is 0. The summed E-state index contributed by atoms with van der Waals surface area (Å²) in [7, 11) is 0. The average Bonchev–Trinajstić information content (AvgIpc) is 2.51. The van der Waals surface area contributed by atoms with E-state index in [1.165, 1.54) is 16.7 Å². The van der Waals surface area contributed by atoms with E-state index < -0.39 is 5.54 Å². The van der Waals surface area contributed by atoms with Crippen molar-refractivity contribution in [1.82, 2.24) is 5.32 Å². The van der Waals surface area contributed by atoms with Gasteiger partial charge in [-0.3, -0.25) is 4.79 Å². The van der Waals surface area contributed by atoms with Gasteiger partial charge in [0, 0.05) is 6.54 Å². The van der Waals surface area contributed by atoms with Crippen LogP contribution < -0.4 is 11.1 Å². The Morgan fingerprint density at radius 1 is 1.04 bits per heavy atom. The molecule has 1 unspecified atom stereocenters. The molecule has 124 valence electrons. The number of carbonyl (C=O) groups excluding carboxylic acids is 1. The van der Waals surface area contributed by atoms with Crippen LogP contribution in [0.15, 0.2) is 48.5 Å². The molecule has 2 rings (SSSR count). The first-order chi connectivity index (χ1) is 10.4. The van der Waals surface area contributed by atoms with Gasteiger partial charge in [-0.25, -0.2) is 0 Å². The maximum absolute atomic E-state index is 12.4. The molecule has 0 aromatic heterocycles. The van der Waals surface area contributed by atoms with Crippen LogP contribution in [0.2, 0.25) is 0 Å². The lowest BCUT2D eigenvalue weighted by Crippen LogP contribution is -2.49. The normalized spacial score (nSPS) is 12.9. The first kappa shape index (κ1) is 19.2. The zero-order chi connectivity index (χ0) is 16.2. The van der Waals surface area contributed by atoms with E-state index in [2.05, 4.69) is 37.4 Å². The minimum absolute atomic E-state index is 0. The van der Waals surface area contributed by atoms with Crippen LogP contribution in [0.5, 0.6) is 0 Å². The first-order valence-electron chi connectivity index (χ1n) is 7.60. The Balaban J connectivity index is 0.00000264. The van der Waals surface area contributed by atoms with Crippen LogP contribution in [-0.2, 0) is 16.8 Å². The number of halogens is 1. The quantitative estimate of drug-likeness (QED) is 0.883. The van der Waals surface area contributed by atoms with Crippen LogP contribution in [0, 0.1) is 13.8 Å². The van der Waals surface area contributed by atoms with E-state index >= 15 is 0 Å². The molecule has 3 nitrogen and oxygen atoms in total. The molecule has 23 heavy (non-hydrogen) atoms. The van der Waals surface area contributed by atoms with E-state index in [0.717, 1.165) is 12.0 Å². The molecule has 1 amide bonds. The fourth-order valence-corrected chi connectivity index (χ4v) is 2.64. The summed E-state index contributed by atoms with van der Waals surface area (Å²) in [5.41, 5.74) is 9.82. The van der Waals surface area contributed by atoms with Crippen LogP contribution in [0.3, 0.4) is 0 Å². The second-order valence-corrected chi connectivity index (χ2v) is 5.94. The van der Waals surface area contributed by atoms with Gasteiger partial charge in [0.15, 0.2) is 0 Å². The van der Waals surface area contributed by atoms with Crippen LogP contribution in [0.25, 0.3) is 0 Å². The van der Waals surface area contributed by atoms with Crippen LogP contribution >= 0.6 is 12.4 Å². The van der Waals surface area contributed by atoms with Crippen molar-refractivity contribution in [2.75, 3.05) is 6.54 Å². The number of aryl methyl sites for hydroxylation is 2. The van der Waals surface area contributed by atoms with Crippen molar-refractivity contribution in [2.24, 2.45) is 5.73 Å². The van der Waals surface area contributed by atoms with Crippen LogP contribution in [-0.4, -0.2) is 12.5 Å². The smallest absolute Gasteiger partial charge is 0.244 e. The highest BCUT2D eigenvalue weighted by Gasteiger charge is 2.29. The number of carbonyl (C=O) groups is 1. The largest absolute Gasteiger partial charge is 0.354 e. The van der Waals surface area contributed by atoms with Crippen LogP contribution in [0.4, 0.5) is 0 Å². The molecule has 0 spiro atoms. The lowest BCUT2D eigenvalue weighted by molar-refractivity contribution is -0.126. The molecule has 0 bridgehead atoms. The van der Waals surface area contributed by atoms with Gasteiger partial charge in [-0.1, -0.05) is 48.5 Å². The van der Waals surface area contributed by atoms with Gasteiger partial charge in [0.05, 0.1) is 0 Å². The number of nitrogens with two attached hydrogens (primary N) is 1. The number of nitrogens with one attached hydrogen (secondary N) is 1. The molecule has 0 radical (unpaired) electrons. The Kier molecular flexibility index (Phi) is 6.79. The summed E-state index contributed by atoms with van der Waals surface area (Å²) >= 11 is 0. The van der Waals surface area contributed by atoms with Gasteiger partial charge in [0.2, 0.25) is 5.91 Å². The minimum atomic E-state index is -1.01. The fourth-order valence-electron chi connectivity index (χ4n) is 2.64. The molecule has 0 aliphatic heterocycles. The van der Waals surface area contributed by atoms with Crippen molar-refractivity contribution < 1.29 is 4.79 Å². The highest BCUT2D eigenvalue weighted by molar-refractivity contribution is 5.87. The molecule has 0 saturated carbocycles. The van der Waals surface area contributed by atoms with Gasteiger partial charge < -0.3 is 11.1 Å². The average molecular weight is 333 g/mol. The number of benzene rings is 2. The summed E-state index contributed by atoms with van der Waals surface area (Å²) in [6.07, 6.45) is 0.815. The lowest BCUT2D eigenvalue weighted by atomic mass is 9.92. The van der Waals surface area contributed by atoms with Crippen molar-refractivity contribution in [3.05, 3.63) is 70.8 Å². The Hall–Kier alpha value is -1.84. The minimum Gasteiger partial charge on any atom is -0.354 e. The molecule has 0 fully saturated rings. The molecule has 4 heteroatoms. The molecular formula is C19H25ClN2O. The van der Waals surface area contributed by atoms with E-state index in [4.69, 9.17) is 5.73 Å². The summed E-state index contributed by atoms with van der Waals surface area (Å²) in [5.74, 6) is -0.148. The Bertz CT molecular complexity index is 633. The summed E-state index contributed by atoms with van der Waals surface area (Å²) in [6, 6.07) is 15.7. The van der Waals surface area contributed by atoms with Gasteiger partial charge in [-0.15, -0.1) is 12.4 Å². The zero-order valence-corrected chi connectivity index (χ0v) is 14.7. The predicted octanol–water partition coefficient (Wildman–Crippen LogP) is 3.26. The lowest BCUT2D eigenvalue weighted by Gasteiger charge is -2.24. The molecule has 0 aliphatic carbocycles. The third-order valence-corrected chi connectivity index (χ3v) is 4.15. The molecule has 0 aliphatic rings. The number of rotatable bonds is 5. The van der Waals surface area contributed by atoms with Gasteiger partial charge in [-0.05, 0) is 49.4 Å². The number of hydrogen-bond donors (Lipinski definition) is 2. The van der Waals surface area contributed by atoms with Gasteiger partial charge in [0.1, 0.15) is 5.54 Å². The first-order valence-corrected chi connectivity index (χ1v) is 7.60. The second kappa shape index (κ2) is 8.14. The summed E-state index contributed by atoms with van der Waals surface area (Å²) in [6.45, 7) is 6.53. The van der Waals surface area contributed by atoms with E-state index in [1.54, 1.807) is 6.92 Å². The highest BCUT2D eigenvalue weighted by atomic mass is 35.5. The third-order valence-electron chi connectivity index (χ3n) is 4.15. The molecule has 1 atom stereocenters. The molecule has 3 N–H and O–H groups in total. The monoisotopic (exact) mass is 332 g/mol. The molecule has 0 heterocycles. The summed E-state index contributed by atoms with van der Waals surface area (Å²) in [4.78, 5) is 12.4. The van der Waals surface area contributed by atoms with Gasteiger partial charge >= 0.3 is 0 Å². The standard InChI is InChI=1S/C19H24N2O.ClH/c1-14-8-7-9-15(2)17(14)12-13-21-18(22)19(3,20)16-10-5-4-6-11-16;/h4-11H,12-13,20H2,1-3H3,(H,21,22);1H. The molecule has 2 aromatic carbocycles. The fraction of sp³-hybridized carbons (Fsp3) is 0.316. The highest BCUT2D eigenvalue weighted by Crippen LogP contribution is 2.18. The molecule has 2 aromatic rings. The van der Waals surface area contributed by atoms with E-state index in [0.29, 0.717) is 6.54 Å². The topological polar surface area (TPSA) is 55.1 Å². The van der Waals surface area contributed by atoms with Crippen molar-refractivity contribution in [2.45, 2.75) is 32.7 Å². The van der Waals surface area contributed by atoms with E-state index in [9.17, 15) is 4.79 Å². The van der Waals surface area contributed by atoms with Crippen molar-refractivity contribution in [1.29, 1.82) is 0 Å². The maximum Gasteiger partial charge on any atom is 0.244 e. The maximum atomic E-state index is 12.4. The van der Waals surface area contributed by atoms with Crippen molar-refractivity contribution in [3.8, 4) is 0 Å². The SMILES string of the molecule is Cc1cccc(C)c1CCNC(=O)C(C)(N)c1ccccc1.Cl. The van der Waals surface area contributed by atoms with Crippen molar-refractivity contribution >= 4 is 18.3 Å². The molecular weight excluding hydrogens is 308 g/mol. The predicted molar refractivity (Wildman–Crippen MR) is 97.9 cm³/mol. The number of amides is 1. The van der Waals surface area contributed by atoms with Crippen LogP contribution in [0.1, 0.15) is 29.2 Å². The Labute approximate surface area is 144 Å². The molecule has 0 saturated heterocycles. The van der Waals surface area contributed by atoms with Crippen molar-refractivity contribution in [3.63, 3.8) is 0 Å². The zero-order valence-electron chi connectivity index (χ0n) is 13.9. The number of hydrogen-bond acceptors (Lipinski definition) is 2. The summed E-state index contributed by atoms with van der Waals surface area (Å²) in [5, 5.41) is 2.96.